The van der Waals surface area contributed by atoms with E-state index >= 15 is 0 Å². The van der Waals surface area contributed by atoms with Gasteiger partial charge in [0.05, 0.1) is 6.04 Å². The summed E-state index contributed by atoms with van der Waals surface area (Å²) in [6.45, 7) is 1.92. The van der Waals surface area contributed by atoms with Gasteiger partial charge in [-0.2, -0.15) is 0 Å². The number of halogens is 1. The summed E-state index contributed by atoms with van der Waals surface area (Å²) < 4.78 is 18.9. The lowest BCUT2D eigenvalue weighted by atomic mass is 10.0. The summed E-state index contributed by atoms with van der Waals surface area (Å²) in [6.07, 6.45) is 5.21. The molecule has 1 aliphatic carbocycles. The zero-order valence-corrected chi connectivity index (χ0v) is 8.24. The first kappa shape index (κ1) is 9.49. The Bertz CT molecular complexity index is 284. The summed E-state index contributed by atoms with van der Waals surface area (Å²) in [5, 5.41) is 0. The number of aliphatic imine (C=N–C) groups is 1. The Morgan fingerprint density at radius 2 is 2.36 bits per heavy atom. The first-order chi connectivity index (χ1) is 6.64. The van der Waals surface area contributed by atoms with Gasteiger partial charge < -0.3 is 10.5 Å². The van der Waals surface area contributed by atoms with E-state index in [0.29, 0.717) is 19.3 Å². The van der Waals surface area contributed by atoms with E-state index in [-0.39, 0.29) is 12.1 Å². The highest BCUT2D eigenvalue weighted by Gasteiger charge is 2.53. The zero-order chi connectivity index (χ0) is 10.2. The summed E-state index contributed by atoms with van der Waals surface area (Å²) in [7, 11) is 0. The molecule has 0 spiro atoms. The number of ether oxygens (including phenoxy) is 1. The van der Waals surface area contributed by atoms with Gasteiger partial charge in [-0.05, 0) is 19.8 Å². The first-order valence-electron chi connectivity index (χ1n) is 4.96. The highest BCUT2D eigenvalue weighted by Crippen LogP contribution is 2.46. The summed E-state index contributed by atoms with van der Waals surface area (Å²) >= 11 is 0. The molecule has 0 aromatic rings. The van der Waals surface area contributed by atoms with Crippen LogP contribution in [0.3, 0.4) is 0 Å². The quantitative estimate of drug-likeness (QED) is 0.684. The number of nitrogens with zero attached hydrogens (tertiary/aromatic N) is 1. The molecule has 2 rings (SSSR count). The van der Waals surface area contributed by atoms with E-state index < -0.39 is 11.8 Å². The fourth-order valence-electron chi connectivity index (χ4n) is 1.76. The van der Waals surface area contributed by atoms with Gasteiger partial charge >= 0.3 is 0 Å². The second-order valence-electron chi connectivity index (χ2n) is 3.94. The van der Waals surface area contributed by atoms with Crippen molar-refractivity contribution in [3.63, 3.8) is 0 Å². The molecule has 2 atom stereocenters. The van der Waals surface area contributed by atoms with Crippen molar-refractivity contribution in [1.82, 2.24) is 0 Å². The van der Waals surface area contributed by atoms with Crippen molar-refractivity contribution in [2.24, 2.45) is 10.7 Å². The van der Waals surface area contributed by atoms with Gasteiger partial charge in [-0.1, -0.05) is 12.2 Å². The van der Waals surface area contributed by atoms with Gasteiger partial charge in [0.25, 0.3) is 6.02 Å². The van der Waals surface area contributed by atoms with Gasteiger partial charge in [0, 0.05) is 6.42 Å². The van der Waals surface area contributed by atoms with Crippen LogP contribution in [0.5, 0.6) is 0 Å². The zero-order valence-electron chi connectivity index (χ0n) is 8.24. The third kappa shape index (κ3) is 1.74. The van der Waals surface area contributed by atoms with E-state index in [4.69, 9.17) is 10.5 Å². The number of alkyl halides is 1. The van der Waals surface area contributed by atoms with Gasteiger partial charge in [0.2, 0.25) is 0 Å². The minimum absolute atomic E-state index is 0.0213. The summed E-state index contributed by atoms with van der Waals surface area (Å²) in [5.74, 6) is 0. The second-order valence-corrected chi connectivity index (χ2v) is 3.94. The van der Waals surface area contributed by atoms with E-state index in [1.807, 2.05) is 19.1 Å². The number of allylic oxidation sites excluding steroid dienone is 1. The van der Waals surface area contributed by atoms with E-state index in [1.165, 1.54) is 0 Å². The van der Waals surface area contributed by atoms with Crippen molar-refractivity contribution in [1.29, 1.82) is 0 Å². The lowest BCUT2D eigenvalue weighted by molar-refractivity contribution is 0.0513. The Morgan fingerprint density at radius 1 is 1.64 bits per heavy atom. The SMILES string of the molecule is C/C=C/C1C[C@@H](C2(F)CC2)OC(N)=N1. The highest BCUT2D eigenvalue weighted by molar-refractivity contribution is 5.72. The summed E-state index contributed by atoms with van der Waals surface area (Å²) in [5.41, 5.74) is 4.36. The molecule has 1 unspecified atom stereocenters. The third-order valence-electron chi connectivity index (χ3n) is 2.73. The van der Waals surface area contributed by atoms with Gasteiger partial charge in [0.1, 0.15) is 11.8 Å². The molecule has 0 amide bonds. The molecular weight excluding hydrogens is 183 g/mol. The molecule has 3 nitrogen and oxygen atoms in total. The smallest absolute Gasteiger partial charge is 0.282 e. The molecule has 1 heterocycles. The maximum atomic E-state index is 13.7. The monoisotopic (exact) mass is 198 g/mol. The Morgan fingerprint density at radius 3 is 2.93 bits per heavy atom. The molecule has 0 aromatic heterocycles. The second kappa shape index (κ2) is 3.26. The topological polar surface area (TPSA) is 47.6 Å². The van der Waals surface area contributed by atoms with Gasteiger partial charge in [-0.25, -0.2) is 9.38 Å². The van der Waals surface area contributed by atoms with Crippen molar-refractivity contribution in [2.75, 3.05) is 0 Å². The molecule has 1 fully saturated rings. The Labute approximate surface area is 82.8 Å². The molecule has 78 valence electrons. The van der Waals surface area contributed by atoms with Crippen molar-refractivity contribution >= 4 is 6.02 Å². The van der Waals surface area contributed by atoms with E-state index in [9.17, 15) is 4.39 Å². The largest absolute Gasteiger partial charge is 0.459 e. The van der Waals surface area contributed by atoms with Gasteiger partial charge in [-0.15, -0.1) is 0 Å². The minimum atomic E-state index is -1.14. The van der Waals surface area contributed by atoms with Crippen LogP contribution in [0.1, 0.15) is 26.2 Å². The van der Waals surface area contributed by atoms with Crippen molar-refractivity contribution in [2.45, 2.75) is 44.0 Å². The molecule has 0 bridgehead atoms. The van der Waals surface area contributed by atoms with E-state index in [1.54, 1.807) is 0 Å². The van der Waals surface area contributed by atoms with Crippen LogP contribution in [0.25, 0.3) is 0 Å². The molecule has 1 saturated carbocycles. The maximum Gasteiger partial charge on any atom is 0.282 e. The lowest BCUT2D eigenvalue weighted by Gasteiger charge is -2.27. The predicted octanol–water partition coefficient (Wildman–Crippen LogP) is 1.54. The molecule has 0 aromatic carbocycles. The van der Waals surface area contributed by atoms with Crippen molar-refractivity contribution in [3.05, 3.63) is 12.2 Å². The molecular formula is C10H15FN2O. The van der Waals surface area contributed by atoms with Crippen LogP contribution in [0.15, 0.2) is 17.1 Å². The summed E-state index contributed by atoms with van der Waals surface area (Å²) in [6, 6.07) is 0.0975. The maximum absolute atomic E-state index is 13.7. The molecule has 4 heteroatoms. The number of rotatable bonds is 2. The first-order valence-corrected chi connectivity index (χ1v) is 4.96. The fraction of sp³-hybridized carbons (Fsp3) is 0.700. The molecule has 0 saturated heterocycles. The van der Waals surface area contributed by atoms with Crippen LogP contribution in [0.2, 0.25) is 0 Å². The normalized spacial score (nSPS) is 35.1. The number of hydrogen-bond acceptors (Lipinski definition) is 3. The number of nitrogens with two attached hydrogens (primary N) is 1. The van der Waals surface area contributed by atoms with Crippen LogP contribution < -0.4 is 5.73 Å². The lowest BCUT2D eigenvalue weighted by Crippen LogP contribution is -2.39. The summed E-state index contributed by atoms with van der Waals surface area (Å²) in [4.78, 5) is 4.08. The molecule has 2 N–H and O–H groups in total. The van der Waals surface area contributed by atoms with Crippen LogP contribution in [0.4, 0.5) is 4.39 Å². The Hall–Kier alpha value is -1.06. The molecule has 14 heavy (non-hydrogen) atoms. The number of amidine groups is 1. The van der Waals surface area contributed by atoms with Gasteiger partial charge in [0.15, 0.2) is 0 Å². The molecule has 1 aliphatic heterocycles. The van der Waals surface area contributed by atoms with Gasteiger partial charge in [-0.3, -0.25) is 0 Å². The van der Waals surface area contributed by atoms with Crippen LogP contribution >= 0.6 is 0 Å². The van der Waals surface area contributed by atoms with Crippen LogP contribution in [0, 0.1) is 0 Å². The van der Waals surface area contributed by atoms with E-state index in [0.717, 1.165) is 0 Å². The number of hydrogen-bond donors (Lipinski definition) is 1. The standard InChI is InChI=1S/C10H15FN2O/c1-2-3-7-6-8(10(11)4-5-10)14-9(12)13-7/h2-3,7-8H,4-6H2,1H3,(H2,12,13)/b3-2+/t7?,8-/m0/s1. The van der Waals surface area contributed by atoms with Crippen molar-refractivity contribution in [3.8, 4) is 0 Å². The van der Waals surface area contributed by atoms with Crippen LogP contribution in [-0.4, -0.2) is 23.8 Å². The highest BCUT2D eigenvalue weighted by atomic mass is 19.1. The third-order valence-corrected chi connectivity index (χ3v) is 2.73. The van der Waals surface area contributed by atoms with E-state index in [2.05, 4.69) is 4.99 Å². The average molecular weight is 198 g/mol. The molecule has 2 aliphatic rings. The van der Waals surface area contributed by atoms with Crippen LogP contribution in [-0.2, 0) is 4.74 Å². The molecule has 0 radical (unpaired) electrons. The van der Waals surface area contributed by atoms with Crippen molar-refractivity contribution < 1.29 is 9.13 Å². The fourth-order valence-corrected chi connectivity index (χ4v) is 1.76. The minimum Gasteiger partial charge on any atom is -0.459 e. The predicted molar refractivity (Wildman–Crippen MR) is 52.8 cm³/mol. The Balaban J connectivity index is 2.07. The Kier molecular flexibility index (Phi) is 2.21. The average Bonchev–Trinajstić information content (AvgIpc) is 2.85.